The third-order valence-corrected chi connectivity index (χ3v) is 6.09. The maximum Gasteiger partial charge on any atom is 0.261 e. The zero-order valence-corrected chi connectivity index (χ0v) is 16.0. The van der Waals surface area contributed by atoms with Crippen LogP contribution in [0.1, 0.15) is 25.7 Å². The van der Waals surface area contributed by atoms with Gasteiger partial charge >= 0.3 is 0 Å². The molecule has 0 saturated carbocycles. The van der Waals surface area contributed by atoms with Gasteiger partial charge in [0.05, 0.1) is 10.6 Å². The molecule has 1 aliphatic heterocycles. The molecule has 0 aliphatic carbocycles. The first-order chi connectivity index (χ1) is 13.0. The zero-order valence-electron chi connectivity index (χ0n) is 15.1. The Labute approximate surface area is 160 Å². The lowest BCUT2D eigenvalue weighted by Crippen LogP contribution is -2.28. The predicted octanol–water partition coefficient (Wildman–Crippen LogP) is 3.21. The number of carbonyl (C=O) groups excluding carboxylic acids is 1. The third-order valence-electron chi connectivity index (χ3n) is 4.69. The first-order valence-electron chi connectivity index (χ1n) is 9.21. The van der Waals surface area contributed by atoms with Gasteiger partial charge < -0.3 is 10.6 Å². The summed E-state index contributed by atoms with van der Waals surface area (Å²) < 4.78 is 27.4. The molecule has 0 bridgehead atoms. The first kappa shape index (κ1) is 19.4. The molecular weight excluding hydrogens is 362 g/mol. The van der Waals surface area contributed by atoms with Gasteiger partial charge in [-0.05, 0) is 68.6 Å². The molecule has 1 saturated heterocycles. The molecule has 1 heterocycles. The number of benzene rings is 2. The maximum atomic E-state index is 12.4. The van der Waals surface area contributed by atoms with E-state index in [0.29, 0.717) is 23.7 Å². The lowest BCUT2D eigenvalue weighted by molar-refractivity contribution is -0.116. The summed E-state index contributed by atoms with van der Waals surface area (Å²) in [7, 11) is -3.65. The van der Waals surface area contributed by atoms with Crippen LogP contribution in [0.25, 0.3) is 0 Å². The average Bonchev–Trinajstić information content (AvgIpc) is 2.68. The summed E-state index contributed by atoms with van der Waals surface area (Å²) in [5.41, 5.74) is 0.994. The number of rotatable bonds is 7. The fraction of sp³-hybridized carbons (Fsp3) is 0.350. The highest BCUT2D eigenvalue weighted by Crippen LogP contribution is 2.21. The number of hydrogen-bond acceptors (Lipinski definition) is 4. The highest BCUT2D eigenvalue weighted by molar-refractivity contribution is 7.92. The van der Waals surface area contributed by atoms with Crippen LogP contribution in [0.5, 0.6) is 0 Å². The van der Waals surface area contributed by atoms with E-state index in [9.17, 15) is 13.2 Å². The average molecular weight is 388 g/mol. The molecule has 0 atom stereocenters. The van der Waals surface area contributed by atoms with E-state index >= 15 is 0 Å². The van der Waals surface area contributed by atoms with E-state index in [2.05, 4.69) is 15.4 Å². The quantitative estimate of drug-likeness (QED) is 0.681. The van der Waals surface area contributed by atoms with Crippen molar-refractivity contribution in [2.24, 2.45) is 5.92 Å². The number of hydrogen-bond donors (Lipinski definition) is 3. The van der Waals surface area contributed by atoms with E-state index in [1.807, 2.05) is 0 Å². The topological polar surface area (TPSA) is 87.3 Å². The largest absolute Gasteiger partial charge is 0.326 e. The molecule has 1 fully saturated rings. The monoisotopic (exact) mass is 387 g/mol. The van der Waals surface area contributed by atoms with Crippen molar-refractivity contribution in [2.45, 2.75) is 30.6 Å². The fourth-order valence-electron chi connectivity index (χ4n) is 3.20. The molecule has 0 spiro atoms. The molecule has 3 N–H and O–H groups in total. The number of amides is 1. The van der Waals surface area contributed by atoms with Crippen LogP contribution in [0.3, 0.4) is 0 Å². The molecule has 0 unspecified atom stereocenters. The van der Waals surface area contributed by atoms with Crippen LogP contribution < -0.4 is 15.4 Å². The van der Waals surface area contributed by atoms with Crippen molar-refractivity contribution in [3.8, 4) is 0 Å². The van der Waals surface area contributed by atoms with Gasteiger partial charge in [0.25, 0.3) is 10.0 Å². The number of sulfonamides is 1. The molecule has 2 aromatic carbocycles. The molecule has 2 aromatic rings. The van der Waals surface area contributed by atoms with Gasteiger partial charge in [-0.1, -0.05) is 24.3 Å². The van der Waals surface area contributed by atoms with Gasteiger partial charge in [0.2, 0.25) is 5.91 Å². The minimum atomic E-state index is -3.65. The van der Waals surface area contributed by atoms with Gasteiger partial charge in [-0.2, -0.15) is 0 Å². The summed E-state index contributed by atoms with van der Waals surface area (Å²) in [5, 5.41) is 6.18. The molecule has 0 radical (unpaired) electrons. The van der Waals surface area contributed by atoms with E-state index < -0.39 is 10.0 Å². The highest BCUT2D eigenvalue weighted by atomic mass is 32.2. The summed E-state index contributed by atoms with van der Waals surface area (Å²) in [6.07, 6.45) is 3.59. The second-order valence-electron chi connectivity index (χ2n) is 6.78. The number of anilines is 2. The summed E-state index contributed by atoms with van der Waals surface area (Å²) >= 11 is 0. The number of nitrogens with one attached hydrogen (secondary N) is 3. The van der Waals surface area contributed by atoms with E-state index in [-0.39, 0.29) is 10.8 Å². The van der Waals surface area contributed by atoms with Crippen molar-refractivity contribution < 1.29 is 13.2 Å². The van der Waals surface area contributed by atoms with Crippen LogP contribution in [0, 0.1) is 5.92 Å². The SMILES string of the molecule is O=C(CCC1CCNCC1)Nc1cccc(NS(=O)(=O)c2ccccc2)c1. The Morgan fingerprint density at radius 3 is 2.44 bits per heavy atom. The zero-order chi connectivity index (χ0) is 19.1. The van der Waals surface area contributed by atoms with Crippen molar-refractivity contribution >= 4 is 27.3 Å². The van der Waals surface area contributed by atoms with Crippen LogP contribution in [-0.2, 0) is 14.8 Å². The standard InChI is InChI=1S/C20H25N3O3S/c24-20(10-9-16-11-13-21-14-12-16)22-17-5-4-6-18(15-17)23-27(25,26)19-7-2-1-3-8-19/h1-8,15-16,21,23H,9-14H2,(H,22,24). The van der Waals surface area contributed by atoms with Crippen molar-refractivity contribution in [3.05, 3.63) is 54.6 Å². The molecule has 1 aliphatic rings. The Kier molecular flexibility index (Phi) is 6.47. The fourth-order valence-corrected chi connectivity index (χ4v) is 4.27. The lowest BCUT2D eigenvalue weighted by Gasteiger charge is -2.22. The predicted molar refractivity (Wildman–Crippen MR) is 107 cm³/mol. The number of piperidine rings is 1. The van der Waals surface area contributed by atoms with Gasteiger partial charge in [-0.25, -0.2) is 8.42 Å². The Bertz CT molecular complexity index is 863. The van der Waals surface area contributed by atoms with Gasteiger partial charge in [0.1, 0.15) is 0 Å². The van der Waals surface area contributed by atoms with Crippen LogP contribution in [0.4, 0.5) is 11.4 Å². The normalized spacial score (nSPS) is 15.3. The van der Waals surface area contributed by atoms with Gasteiger partial charge in [0.15, 0.2) is 0 Å². The summed E-state index contributed by atoms with van der Waals surface area (Å²) in [5.74, 6) is 0.553. The molecule has 144 valence electrons. The molecule has 3 rings (SSSR count). The first-order valence-corrected chi connectivity index (χ1v) is 10.7. The van der Waals surface area contributed by atoms with Gasteiger partial charge in [-0.15, -0.1) is 0 Å². The van der Waals surface area contributed by atoms with E-state index in [0.717, 1.165) is 32.4 Å². The Morgan fingerprint density at radius 2 is 1.70 bits per heavy atom. The van der Waals surface area contributed by atoms with Crippen molar-refractivity contribution in [2.75, 3.05) is 23.1 Å². The Balaban J connectivity index is 1.57. The van der Waals surface area contributed by atoms with E-state index in [1.54, 1.807) is 42.5 Å². The lowest BCUT2D eigenvalue weighted by atomic mass is 9.93. The van der Waals surface area contributed by atoms with Crippen LogP contribution in [0.2, 0.25) is 0 Å². The highest BCUT2D eigenvalue weighted by Gasteiger charge is 2.16. The third kappa shape index (κ3) is 5.80. The van der Waals surface area contributed by atoms with E-state index in [1.165, 1.54) is 12.1 Å². The van der Waals surface area contributed by atoms with Crippen LogP contribution in [0.15, 0.2) is 59.5 Å². The van der Waals surface area contributed by atoms with E-state index in [4.69, 9.17) is 0 Å². The molecule has 6 nitrogen and oxygen atoms in total. The van der Waals surface area contributed by atoms with Crippen molar-refractivity contribution in [3.63, 3.8) is 0 Å². The maximum absolute atomic E-state index is 12.4. The van der Waals surface area contributed by atoms with Crippen LogP contribution in [-0.4, -0.2) is 27.4 Å². The van der Waals surface area contributed by atoms with Crippen molar-refractivity contribution in [1.29, 1.82) is 0 Å². The van der Waals surface area contributed by atoms with Crippen molar-refractivity contribution in [1.82, 2.24) is 5.32 Å². The van der Waals surface area contributed by atoms with Crippen LogP contribution >= 0.6 is 0 Å². The van der Waals surface area contributed by atoms with Gasteiger partial charge in [0, 0.05) is 12.1 Å². The number of carbonyl (C=O) groups is 1. The second-order valence-corrected chi connectivity index (χ2v) is 8.46. The summed E-state index contributed by atoms with van der Waals surface area (Å²) in [6, 6.07) is 14.9. The Hall–Kier alpha value is -2.38. The second kappa shape index (κ2) is 9.01. The molecule has 7 heteroatoms. The smallest absolute Gasteiger partial charge is 0.261 e. The Morgan fingerprint density at radius 1 is 1.00 bits per heavy atom. The minimum Gasteiger partial charge on any atom is -0.326 e. The summed E-state index contributed by atoms with van der Waals surface area (Å²) in [4.78, 5) is 12.4. The van der Waals surface area contributed by atoms with Gasteiger partial charge in [-0.3, -0.25) is 9.52 Å². The summed E-state index contributed by atoms with van der Waals surface area (Å²) in [6.45, 7) is 2.05. The molecule has 0 aromatic heterocycles. The molecular formula is C20H25N3O3S. The molecule has 27 heavy (non-hydrogen) atoms. The molecule has 1 amide bonds. The minimum absolute atomic E-state index is 0.0448.